The van der Waals surface area contributed by atoms with Gasteiger partial charge in [-0.1, -0.05) is 53.8 Å². The quantitative estimate of drug-likeness (QED) is 0.482. The van der Waals surface area contributed by atoms with Gasteiger partial charge in [-0.2, -0.15) is 4.99 Å². The molecule has 7 heteroatoms. The van der Waals surface area contributed by atoms with Gasteiger partial charge in [0.25, 0.3) is 5.91 Å². The van der Waals surface area contributed by atoms with E-state index >= 15 is 0 Å². The van der Waals surface area contributed by atoms with Crippen molar-refractivity contribution in [2.75, 3.05) is 7.11 Å². The third-order valence-corrected chi connectivity index (χ3v) is 5.64. The number of rotatable bonds is 4. The highest BCUT2D eigenvalue weighted by molar-refractivity contribution is 7.16. The van der Waals surface area contributed by atoms with Crippen LogP contribution in [0.3, 0.4) is 0 Å². The molecular weight excluding hydrogens is 391 g/mol. The fourth-order valence-corrected chi connectivity index (χ4v) is 4.31. The van der Waals surface area contributed by atoms with Gasteiger partial charge in [0.2, 0.25) is 0 Å². The number of hydrogen-bond donors (Lipinski definition) is 0. The molecule has 0 saturated heterocycles. The minimum Gasteiger partial charge on any atom is -0.468 e. The maximum Gasteiger partial charge on any atom is 0.325 e. The smallest absolute Gasteiger partial charge is 0.325 e. The van der Waals surface area contributed by atoms with Gasteiger partial charge in [-0.25, -0.2) is 4.39 Å². The highest BCUT2D eigenvalue weighted by atomic mass is 32.1. The van der Waals surface area contributed by atoms with Crippen molar-refractivity contribution in [3.8, 4) is 0 Å². The van der Waals surface area contributed by atoms with Crippen LogP contribution in [0.1, 0.15) is 5.56 Å². The van der Waals surface area contributed by atoms with Crippen LogP contribution in [-0.4, -0.2) is 23.6 Å². The minimum atomic E-state index is -0.475. The zero-order valence-corrected chi connectivity index (χ0v) is 16.4. The molecule has 0 aliphatic heterocycles. The van der Waals surface area contributed by atoms with Crippen molar-refractivity contribution in [1.29, 1.82) is 0 Å². The van der Waals surface area contributed by atoms with Gasteiger partial charge in [-0.15, -0.1) is 0 Å². The van der Waals surface area contributed by atoms with Crippen LogP contribution in [0.2, 0.25) is 0 Å². The first-order valence-corrected chi connectivity index (χ1v) is 9.77. The number of halogens is 1. The second-order valence-electron chi connectivity index (χ2n) is 6.48. The van der Waals surface area contributed by atoms with Crippen LogP contribution in [0.5, 0.6) is 0 Å². The number of benzene rings is 3. The molecule has 1 aromatic heterocycles. The lowest BCUT2D eigenvalue weighted by atomic mass is 10.0. The molecule has 146 valence electrons. The van der Waals surface area contributed by atoms with Crippen molar-refractivity contribution in [3.05, 3.63) is 76.8 Å². The summed E-state index contributed by atoms with van der Waals surface area (Å²) in [6, 6.07) is 17.9. The molecule has 1 heterocycles. The molecule has 29 heavy (non-hydrogen) atoms. The number of thiazole rings is 1. The molecule has 1 amide bonds. The molecule has 0 fully saturated rings. The minimum absolute atomic E-state index is 0.109. The highest BCUT2D eigenvalue weighted by Gasteiger charge is 2.13. The van der Waals surface area contributed by atoms with E-state index in [1.54, 1.807) is 10.6 Å². The monoisotopic (exact) mass is 408 g/mol. The largest absolute Gasteiger partial charge is 0.468 e. The van der Waals surface area contributed by atoms with Gasteiger partial charge in [-0.3, -0.25) is 9.59 Å². The topological polar surface area (TPSA) is 60.7 Å². The number of amides is 1. The van der Waals surface area contributed by atoms with Crippen molar-refractivity contribution in [1.82, 2.24) is 4.57 Å². The summed E-state index contributed by atoms with van der Waals surface area (Å²) in [7, 11) is 1.29. The van der Waals surface area contributed by atoms with Gasteiger partial charge in [0.05, 0.1) is 23.7 Å². The first-order valence-electron chi connectivity index (χ1n) is 8.95. The van der Waals surface area contributed by atoms with E-state index in [-0.39, 0.29) is 18.9 Å². The standard InChI is InChI=1S/C22H17FN2O3S/c1-28-21(27)13-25-18-10-9-16(23)12-19(18)29-22(25)24-20(26)11-15-7-4-6-14-5-2-3-8-17(14)15/h2-10,12H,11,13H2,1H3. The molecule has 0 saturated carbocycles. The number of ether oxygens (including phenoxy) is 1. The predicted octanol–water partition coefficient (Wildman–Crippen LogP) is 3.84. The summed E-state index contributed by atoms with van der Waals surface area (Å²) in [4.78, 5) is 29.1. The summed E-state index contributed by atoms with van der Waals surface area (Å²) in [6.07, 6.45) is 0.127. The van der Waals surface area contributed by atoms with Crippen LogP contribution >= 0.6 is 11.3 Å². The zero-order chi connectivity index (χ0) is 20.4. The Labute approximate surface area is 169 Å². The van der Waals surface area contributed by atoms with Crippen LogP contribution in [0, 0.1) is 5.82 Å². The van der Waals surface area contributed by atoms with Crippen molar-refractivity contribution in [2.45, 2.75) is 13.0 Å². The van der Waals surface area contributed by atoms with E-state index < -0.39 is 11.8 Å². The van der Waals surface area contributed by atoms with E-state index in [1.807, 2.05) is 42.5 Å². The molecule has 3 aromatic carbocycles. The van der Waals surface area contributed by atoms with Crippen LogP contribution in [0.15, 0.2) is 65.7 Å². The van der Waals surface area contributed by atoms with Crippen LogP contribution in [0.25, 0.3) is 21.0 Å². The lowest BCUT2D eigenvalue weighted by molar-refractivity contribution is -0.141. The van der Waals surface area contributed by atoms with Crippen LogP contribution in [0.4, 0.5) is 4.39 Å². The molecule has 4 rings (SSSR count). The molecule has 0 unspecified atom stereocenters. The van der Waals surface area contributed by atoms with E-state index in [4.69, 9.17) is 4.74 Å². The van der Waals surface area contributed by atoms with Gasteiger partial charge < -0.3 is 9.30 Å². The lowest BCUT2D eigenvalue weighted by Gasteiger charge is -2.05. The van der Waals surface area contributed by atoms with Crippen LogP contribution < -0.4 is 4.80 Å². The molecule has 0 radical (unpaired) electrons. The normalized spacial score (nSPS) is 11.9. The second-order valence-corrected chi connectivity index (χ2v) is 7.49. The van der Waals surface area contributed by atoms with E-state index in [1.165, 1.54) is 19.2 Å². The van der Waals surface area contributed by atoms with Gasteiger partial charge in [0.1, 0.15) is 12.4 Å². The van der Waals surface area contributed by atoms with Gasteiger partial charge in [0.15, 0.2) is 4.80 Å². The van der Waals surface area contributed by atoms with Crippen LogP contribution in [-0.2, 0) is 27.3 Å². The summed E-state index contributed by atoms with van der Waals surface area (Å²) < 4.78 is 20.5. The number of carbonyl (C=O) groups excluding carboxylic acids is 2. The van der Waals surface area contributed by atoms with Gasteiger partial charge >= 0.3 is 5.97 Å². The maximum atomic E-state index is 13.6. The Morgan fingerprint density at radius 3 is 2.72 bits per heavy atom. The third kappa shape index (κ3) is 3.95. The van der Waals surface area contributed by atoms with Crippen molar-refractivity contribution in [2.24, 2.45) is 4.99 Å². The molecular formula is C22H17FN2O3S. The van der Waals surface area contributed by atoms with E-state index in [9.17, 15) is 14.0 Å². The molecule has 0 spiro atoms. The summed E-state index contributed by atoms with van der Waals surface area (Å²) in [6.45, 7) is -0.109. The summed E-state index contributed by atoms with van der Waals surface area (Å²) >= 11 is 1.16. The Balaban J connectivity index is 1.75. The fourth-order valence-electron chi connectivity index (χ4n) is 3.23. The first kappa shape index (κ1) is 19.0. The highest BCUT2D eigenvalue weighted by Crippen LogP contribution is 2.20. The van der Waals surface area contributed by atoms with E-state index in [2.05, 4.69) is 4.99 Å². The molecule has 5 nitrogen and oxygen atoms in total. The Kier molecular flexibility index (Phi) is 5.22. The Bertz CT molecular complexity index is 1300. The Morgan fingerprint density at radius 2 is 1.90 bits per heavy atom. The number of carbonyl (C=O) groups is 2. The molecule has 4 aromatic rings. The number of hydrogen-bond acceptors (Lipinski definition) is 4. The van der Waals surface area contributed by atoms with Gasteiger partial charge in [-0.05, 0) is 34.5 Å². The van der Waals surface area contributed by atoms with Gasteiger partial charge in [0, 0.05) is 0 Å². The Morgan fingerprint density at radius 1 is 1.10 bits per heavy atom. The molecule has 0 bridgehead atoms. The summed E-state index contributed by atoms with van der Waals surface area (Å²) in [5.74, 6) is -1.21. The average molecular weight is 408 g/mol. The van der Waals surface area contributed by atoms with E-state index in [0.29, 0.717) is 15.0 Å². The summed E-state index contributed by atoms with van der Waals surface area (Å²) in [5.41, 5.74) is 1.50. The first-order chi connectivity index (χ1) is 14.0. The zero-order valence-electron chi connectivity index (χ0n) is 15.6. The van der Waals surface area contributed by atoms with Crippen molar-refractivity contribution < 1.29 is 18.7 Å². The second kappa shape index (κ2) is 7.97. The average Bonchev–Trinajstić information content (AvgIpc) is 3.03. The number of nitrogens with zero attached hydrogens (tertiary/aromatic N) is 2. The SMILES string of the molecule is COC(=O)Cn1c(=NC(=O)Cc2cccc3ccccc23)sc2cc(F)ccc21. The number of fused-ring (bicyclic) bond motifs is 2. The maximum absolute atomic E-state index is 13.6. The number of esters is 1. The third-order valence-electron chi connectivity index (χ3n) is 4.60. The van der Waals surface area contributed by atoms with Crippen molar-refractivity contribution in [3.63, 3.8) is 0 Å². The van der Waals surface area contributed by atoms with Crippen molar-refractivity contribution >= 4 is 44.2 Å². The molecule has 0 aliphatic rings. The summed E-state index contributed by atoms with van der Waals surface area (Å²) in [5, 5.41) is 2.05. The lowest BCUT2D eigenvalue weighted by Crippen LogP contribution is -2.22. The molecule has 0 atom stereocenters. The van der Waals surface area contributed by atoms with E-state index in [0.717, 1.165) is 27.7 Å². The number of aromatic nitrogens is 1. The predicted molar refractivity (Wildman–Crippen MR) is 110 cm³/mol. The fraction of sp³-hybridized carbons (Fsp3) is 0.136. The Hall–Kier alpha value is -3.32. The molecule has 0 aliphatic carbocycles. The number of methoxy groups -OCH3 is 1. The molecule has 0 N–H and O–H groups in total.